The molecule has 0 atom stereocenters. The highest BCUT2D eigenvalue weighted by Gasteiger charge is 2.28. The van der Waals surface area contributed by atoms with E-state index in [9.17, 15) is 8.42 Å². The minimum absolute atomic E-state index is 0.00975. The van der Waals surface area contributed by atoms with Crippen molar-refractivity contribution in [2.24, 2.45) is 5.14 Å². The van der Waals surface area contributed by atoms with Crippen LogP contribution >= 0.6 is 15.9 Å². The smallest absolute Gasteiger partial charge is 0.264 e. The Hall–Kier alpha value is -1.45. The predicted octanol–water partition coefficient (Wildman–Crippen LogP) is 1.94. The second-order valence-electron chi connectivity index (χ2n) is 4.75. The number of primary sulfonamides is 1. The zero-order valence-electron chi connectivity index (χ0n) is 10.8. The molecule has 1 fully saturated rings. The molecule has 0 bridgehead atoms. The van der Waals surface area contributed by atoms with E-state index >= 15 is 0 Å². The van der Waals surface area contributed by atoms with Crippen molar-refractivity contribution in [3.8, 4) is 5.75 Å². The fourth-order valence-electron chi connectivity index (χ4n) is 1.75. The lowest BCUT2D eigenvalue weighted by Crippen LogP contribution is -2.12. The molecule has 2 aromatic rings. The Bertz CT molecular complexity index is 771. The maximum absolute atomic E-state index is 11.2. The second kappa shape index (κ2) is 5.39. The number of ether oxygens (including phenoxy) is 1. The van der Waals surface area contributed by atoms with Gasteiger partial charge in [-0.1, -0.05) is 5.16 Å². The molecule has 1 saturated carbocycles. The van der Waals surface area contributed by atoms with Crippen molar-refractivity contribution >= 4 is 26.0 Å². The monoisotopic (exact) mass is 373 g/mol. The number of nitrogens with zero attached hydrogens (tertiary/aromatic N) is 2. The van der Waals surface area contributed by atoms with Crippen LogP contribution in [0.3, 0.4) is 0 Å². The van der Waals surface area contributed by atoms with E-state index in [0.717, 1.165) is 18.7 Å². The fourth-order valence-corrected chi connectivity index (χ4v) is 2.93. The van der Waals surface area contributed by atoms with Crippen LogP contribution in [0.2, 0.25) is 0 Å². The summed E-state index contributed by atoms with van der Waals surface area (Å²) in [5.41, 5.74) is 0. The summed E-state index contributed by atoms with van der Waals surface area (Å²) in [7, 11) is -3.73. The highest BCUT2D eigenvalue weighted by Crippen LogP contribution is 2.38. The van der Waals surface area contributed by atoms with E-state index < -0.39 is 10.0 Å². The Labute approximate surface area is 129 Å². The normalized spacial score (nSPS) is 15.1. The SMILES string of the molecule is NS(=O)(=O)c1ccc(OCc2nc(C3CC3)no2)c(Br)c1. The predicted molar refractivity (Wildman–Crippen MR) is 76.1 cm³/mol. The molecule has 0 unspecified atom stereocenters. The molecule has 1 aromatic carbocycles. The molecule has 0 aliphatic heterocycles. The summed E-state index contributed by atoms with van der Waals surface area (Å²) in [5, 5.41) is 8.94. The van der Waals surface area contributed by atoms with Gasteiger partial charge in [0.15, 0.2) is 12.4 Å². The number of sulfonamides is 1. The van der Waals surface area contributed by atoms with Crippen LogP contribution in [-0.4, -0.2) is 18.6 Å². The van der Waals surface area contributed by atoms with Crippen LogP contribution in [0.5, 0.6) is 5.75 Å². The lowest BCUT2D eigenvalue weighted by atomic mass is 10.3. The summed E-state index contributed by atoms with van der Waals surface area (Å²) >= 11 is 3.24. The summed E-state index contributed by atoms with van der Waals surface area (Å²) in [6, 6.07) is 4.27. The van der Waals surface area contributed by atoms with Gasteiger partial charge in [0.25, 0.3) is 5.89 Å². The molecule has 0 saturated heterocycles. The third-order valence-corrected chi connectivity index (χ3v) is 4.54. The topological polar surface area (TPSA) is 108 Å². The second-order valence-corrected chi connectivity index (χ2v) is 7.16. The molecule has 21 heavy (non-hydrogen) atoms. The Morgan fingerprint density at radius 1 is 1.43 bits per heavy atom. The van der Waals surface area contributed by atoms with Crippen LogP contribution in [-0.2, 0) is 16.6 Å². The first-order chi connectivity index (χ1) is 9.93. The largest absolute Gasteiger partial charge is 0.483 e. The lowest BCUT2D eigenvalue weighted by Gasteiger charge is -2.07. The van der Waals surface area contributed by atoms with Gasteiger partial charge in [0.1, 0.15) is 5.75 Å². The van der Waals surface area contributed by atoms with Gasteiger partial charge in [0.05, 0.1) is 9.37 Å². The van der Waals surface area contributed by atoms with Gasteiger partial charge in [-0.2, -0.15) is 4.98 Å². The average Bonchev–Trinajstić information content (AvgIpc) is 3.16. The molecule has 112 valence electrons. The third-order valence-electron chi connectivity index (χ3n) is 3.01. The zero-order chi connectivity index (χ0) is 15.0. The molecule has 7 nitrogen and oxygen atoms in total. The number of benzene rings is 1. The van der Waals surface area contributed by atoms with Crippen molar-refractivity contribution in [3.63, 3.8) is 0 Å². The van der Waals surface area contributed by atoms with Gasteiger partial charge in [0, 0.05) is 5.92 Å². The molecule has 9 heteroatoms. The first-order valence-electron chi connectivity index (χ1n) is 6.21. The number of hydrogen-bond donors (Lipinski definition) is 1. The maximum atomic E-state index is 11.2. The van der Waals surface area contributed by atoms with Crippen molar-refractivity contribution in [2.45, 2.75) is 30.3 Å². The van der Waals surface area contributed by atoms with Crippen molar-refractivity contribution in [3.05, 3.63) is 34.4 Å². The number of rotatable bonds is 5. The van der Waals surface area contributed by atoms with E-state index in [4.69, 9.17) is 14.4 Å². The zero-order valence-corrected chi connectivity index (χ0v) is 13.2. The highest BCUT2D eigenvalue weighted by atomic mass is 79.9. The molecule has 1 aliphatic rings. The lowest BCUT2D eigenvalue weighted by molar-refractivity contribution is 0.241. The molecular weight excluding hydrogens is 362 g/mol. The van der Waals surface area contributed by atoms with Gasteiger partial charge in [-0.15, -0.1) is 0 Å². The maximum Gasteiger partial charge on any atom is 0.264 e. The van der Waals surface area contributed by atoms with E-state index in [0.29, 0.717) is 22.0 Å². The van der Waals surface area contributed by atoms with Gasteiger partial charge in [-0.25, -0.2) is 13.6 Å². The van der Waals surface area contributed by atoms with Crippen LogP contribution in [0, 0.1) is 0 Å². The summed E-state index contributed by atoms with van der Waals surface area (Å²) in [4.78, 5) is 4.25. The van der Waals surface area contributed by atoms with Gasteiger partial charge < -0.3 is 9.26 Å². The number of hydrogen-bond acceptors (Lipinski definition) is 6. The highest BCUT2D eigenvalue weighted by molar-refractivity contribution is 9.10. The summed E-state index contributed by atoms with van der Waals surface area (Å²) in [6.45, 7) is 0.118. The minimum atomic E-state index is -3.73. The number of nitrogens with two attached hydrogens (primary N) is 1. The Kier molecular flexibility index (Phi) is 3.72. The third kappa shape index (κ3) is 3.42. The van der Waals surface area contributed by atoms with E-state index in [-0.39, 0.29) is 11.5 Å². The summed E-state index contributed by atoms with van der Waals surface area (Å²) in [6.07, 6.45) is 2.20. The molecular formula is C12H12BrN3O4S. The van der Waals surface area contributed by atoms with Crippen LogP contribution in [0.4, 0.5) is 0 Å². The van der Waals surface area contributed by atoms with Gasteiger partial charge in [-0.05, 0) is 47.0 Å². The van der Waals surface area contributed by atoms with E-state index in [1.807, 2.05) is 0 Å². The van der Waals surface area contributed by atoms with Gasteiger partial charge >= 0.3 is 0 Å². The molecule has 3 rings (SSSR count). The molecule has 1 aromatic heterocycles. The van der Waals surface area contributed by atoms with Crippen LogP contribution in [0.25, 0.3) is 0 Å². The molecule has 2 N–H and O–H groups in total. The molecule has 1 heterocycles. The quantitative estimate of drug-likeness (QED) is 0.857. The standard InChI is InChI=1S/C12H12BrN3O4S/c13-9-5-8(21(14,17)18)3-4-10(9)19-6-11-15-12(16-20-11)7-1-2-7/h3-5,7H,1-2,6H2,(H2,14,17,18). The van der Waals surface area contributed by atoms with Crippen molar-refractivity contribution in [1.29, 1.82) is 0 Å². The summed E-state index contributed by atoms with van der Waals surface area (Å²) < 4.78 is 33.6. The van der Waals surface area contributed by atoms with E-state index in [1.54, 1.807) is 0 Å². The Morgan fingerprint density at radius 2 is 2.19 bits per heavy atom. The van der Waals surface area contributed by atoms with Crippen molar-refractivity contribution in [1.82, 2.24) is 10.1 Å². The number of aromatic nitrogens is 2. The van der Waals surface area contributed by atoms with Crippen LogP contribution in [0.15, 0.2) is 32.1 Å². The minimum Gasteiger partial charge on any atom is -0.483 e. The van der Waals surface area contributed by atoms with E-state index in [2.05, 4.69) is 26.1 Å². The van der Waals surface area contributed by atoms with Gasteiger partial charge in [0.2, 0.25) is 10.0 Å². The average molecular weight is 374 g/mol. The van der Waals surface area contributed by atoms with Crippen LogP contribution in [0.1, 0.15) is 30.5 Å². The Morgan fingerprint density at radius 3 is 2.81 bits per heavy atom. The molecule has 0 spiro atoms. The molecule has 0 radical (unpaired) electrons. The summed E-state index contributed by atoms with van der Waals surface area (Å²) in [5.74, 6) is 1.99. The van der Waals surface area contributed by atoms with Crippen LogP contribution < -0.4 is 9.88 Å². The fraction of sp³-hybridized carbons (Fsp3) is 0.333. The number of halogens is 1. The molecule has 0 amide bonds. The van der Waals surface area contributed by atoms with Crippen molar-refractivity contribution in [2.75, 3.05) is 0 Å². The Balaban J connectivity index is 1.69. The van der Waals surface area contributed by atoms with Crippen molar-refractivity contribution < 1.29 is 17.7 Å². The first kappa shape index (κ1) is 14.5. The molecule has 1 aliphatic carbocycles. The van der Waals surface area contributed by atoms with E-state index in [1.165, 1.54) is 18.2 Å². The van der Waals surface area contributed by atoms with Gasteiger partial charge in [-0.3, -0.25) is 0 Å². The first-order valence-corrected chi connectivity index (χ1v) is 8.55.